The molecule has 2 aromatic rings. The fraction of sp³-hybridized carbons (Fsp3) is 0.286. The Hall–Kier alpha value is -1.16. The average Bonchev–Trinajstić information content (AvgIpc) is 2.42. The van der Waals surface area contributed by atoms with Gasteiger partial charge >= 0.3 is 0 Å². The summed E-state index contributed by atoms with van der Waals surface area (Å²) < 4.78 is 0. The van der Waals surface area contributed by atoms with Crippen LogP contribution in [0.5, 0.6) is 0 Å². The van der Waals surface area contributed by atoms with Gasteiger partial charge in [0.25, 0.3) is 0 Å². The molecule has 0 spiro atoms. The topological polar surface area (TPSA) is 37.8 Å². The van der Waals surface area contributed by atoms with Crippen molar-refractivity contribution in [3.05, 3.63) is 58.1 Å². The molecule has 0 saturated heterocycles. The first kappa shape index (κ1) is 14.3. The van der Waals surface area contributed by atoms with Crippen LogP contribution in [0.25, 0.3) is 0 Å². The summed E-state index contributed by atoms with van der Waals surface area (Å²) in [5.41, 5.74) is 2.01. The Morgan fingerprint density at radius 3 is 2.68 bits per heavy atom. The van der Waals surface area contributed by atoms with Crippen LogP contribution in [0.1, 0.15) is 24.2 Å². The van der Waals surface area contributed by atoms with Gasteiger partial charge in [-0.05, 0) is 36.7 Å². The first-order valence-electron chi connectivity index (χ1n) is 6.14. The third kappa shape index (κ3) is 3.90. The molecule has 0 saturated carbocycles. The normalized spacial score (nSPS) is 12.4. The van der Waals surface area contributed by atoms with Crippen molar-refractivity contribution < 1.29 is 0 Å². The number of pyridine rings is 2. The van der Waals surface area contributed by atoms with Crippen LogP contribution in [-0.4, -0.2) is 16.5 Å². The SMILES string of the molecule is CCNC(Cc1ccncc1Cl)c1ccc(Cl)cn1. The van der Waals surface area contributed by atoms with Gasteiger partial charge in [-0.3, -0.25) is 9.97 Å². The van der Waals surface area contributed by atoms with E-state index in [0.29, 0.717) is 10.0 Å². The molecule has 3 nitrogen and oxygen atoms in total. The zero-order valence-electron chi connectivity index (χ0n) is 10.6. The van der Waals surface area contributed by atoms with Crippen LogP contribution in [0.15, 0.2) is 36.8 Å². The van der Waals surface area contributed by atoms with Crippen LogP contribution in [-0.2, 0) is 6.42 Å². The Bertz CT molecular complexity index is 528. The van der Waals surface area contributed by atoms with Gasteiger partial charge in [-0.25, -0.2) is 0 Å². The van der Waals surface area contributed by atoms with E-state index >= 15 is 0 Å². The summed E-state index contributed by atoms with van der Waals surface area (Å²) in [4.78, 5) is 8.37. The summed E-state index contributed by atoms with van der Waals surface area (Å²) in [6.07, 6.45) is 5.84. The largest absolute Gasteiger partial charge is 0.309 e. The molecular weight excluding hydrogens is 281 g/mol. The monoisotopic (exact) mass is 295 g/mol. The second-order valence-corrected chi connectivity index (χ2v) is 5.03. The quantitative estimate of drug-likeness (QED) is 0.914. The van der Waals surface area contributed by atoms with Crippen molar-refractivity contribution in [3.63, 3.8) is 0 Å². The molecule has 2 heterocycles. The van der Waals surface area contributed by atoms with Gasteiger partial charge in [-0.1, -0.05) is 30.1 Å². The van der Waals surface area contributed by atoms with Gasteiger partial charge in [0.2, 0.25) is 0 Å². The molecule has 0 radical (unpaired) electrons. The van der Waals surface area contributed by atoms with Gasteiger partial charge < -0.3 is 5.32 Å². The summed E-state index contributed by atoms with van der Waals surface area (Å²) in [7, 11) is 0. The average molecular weight is 296 g/mol. The molecule has 1 unspecified atom stereocenters. The lowest BCUT2D eigenvalue weighted by Crippen LogP contribution is -2.24. The van der Waals surface area contributed by atoms with E-state index in [2.05, 4.69) is 22.2 Å². The van der Waals surface area contributed by atoms with E-state index < -0.39 is 0 Å². The molecule has 0 fully saturated rings. The summed E-state index contributed by atoms with van der Waals surface area (Å²) in [6.45, 7) is 2.93. The maximum absolute atomic E-state index is 6.15. The van der Waals surface area contributed by atoms with Crippen LogP contribution in [0.2, 0.25) is 10.0 Å². The molecule has 0 aromatic carbocycles. The van der Waals surface area contributed by atoms with E-state index in [0.717, 1.165) is 24.2 Å². The second kappa shape index (κ2) is 6.85. The first-order valence-corrected chi connectivity index (χ1v) is 6.89. The Morgan fingerprint density at radius 1 is 1.21 bits per heavy atom. The number of hydrogen-bond donors (Lipinski definition) is 1. The van der Waals surface area contributed by atoms with Crippen molar-refractivity contribution in [2.24, 2.45) is 0 Å². The fourth-order valence-corrected chi connectivity index (χ4v) is 2.22. The third-order valence-electron chi connectivity index (χ3n) is 2.84. The number of aromatic nitrogens is 2. The molecule has 0 aliphatic rings. The number of nitrogens with zero attached hydrogens (tertiary/aromatic N) is 2. The Morgan fingerprint density at radius 2 is 2.05 bits per heavy atom. The van der Waals surface area contributed by atoms with Gasteiger partial charge in [0, 0.05) is 18.6 Å². The van der Waals surface area contributed by atoms with E-state index in [4.69, 9.17) is 23.2 Å². The van der Waals surface area contributed by atoms with Gasteiger partial charge in [0.15, 0.2) is 0 Å². The molecule has 2 aromatic heterocycles. The van der Waals surface area contributed by atoms with E-state index in [-0.39, 0.29) is 6.04 Å². The van der Waals surface area contributed by atoms with Gasteiger partial charge in [0.1, 0.15) is 0 Å². The van der Waals surface area contributed by atoms with Gasteiger partial charge in [0.05, 0.1) is 21.8 Å². The van der Waals surface area contributed by atoms with Crippen molar-refractivity contribution in [2.45, 2.75) is 19.4 Å². The highest BCUT2D eigenvalue weighted by Gasteiger charge is 2.14. The van der Waals surface area contributed by atoms with Crippen molar-refractivity contribution >= 4 is 23.2 Å². The lowest BCUT2D eigenvalue weighted by Gasteiger charge is -2.18. The number of halogens is 2. The van der Waals surface area contributed by atoms with Crippen LogP contribution in [0.4, 0.5) is 0 Å². The highest BCUT2D eigenvalue weighted by Crippen LogP contribution is 2.22. The van der Waals surface area contributed by atoms with Crippen LogP contribution < -0.4 is 5.32 Å². The van der Waals surface area contributed by atoms with E-state index in [1.54, 1.807) is 18.6 Å². The molecule has 1 atom stereocenters. The summed E-state index contributed by atoms with van der Waals surface area (Å²) in [5, 5.41) is 4.73. The molecule has 1 N–H and O–H groups in total. The molecule has 2 rings (SSSR count). The fourth-order valence-electron chi connectivity index (χ4n) is 1.91. The number of nitrogens with one attached hydrogen (secondary N) is 1. The Labute approximate surface area is 123 Å². The van der Waals surface area contributed by atoms with Crippen molar-refractivity contribution in [3.8, 4) is 0 Å². The Kier molecular flexibility index (Phi) is 5.14. The van der Waals surface area contributed by atoms with Crippen molar-refractivity contribution in [2.75, 3.05) is 6.54 Å². The molecular formula is C14H15Cl2N3. The first-order chi connectivity index (χ1) is 9.20. The summed E-state index contributed by atoms with van der Waals surface area (Å²) in [6, 6.07) is 5.83. The molecule has 19 heavy (non-hydrogen) atoms. The number of hydrogen-bond acceptors (Lipinski definition) is 3. The summed E-state index contributed by atoms with van der Waals surface area (Å²) >= 11 is 12.0. The smallest absolute Gasteiger partial charge is 0.0622 e. The van der Waals surface area contributed by atoms with Crippen LogP contribution in [0.3, 0.4) is 0 Å². The molecule has 0 aliphatic carbocycles. The predicted octanol–water partition coefficient (Wildman–Crippen LogP) is 3.68. The van der Waals surface area contributed by atoms with Gasteiger partial charge in [-0.15, -0.1) is 0 Å². The molecule has 5 heteroatoms. The van der Waals surface area contributed by atoms with Crippen LogP contribution in [0, 0.1) is 0 Å². The van der Waals surface area contributed by atoms with Crippen LogP contribution >= 0.6 is 23.2 Å². The molecule has 100 valence electrons. The van der Waals surface area contributed by atoms with Gasteiger partial charge in [-0.2, -0.15) is 0 Å². The highest BCUT2D eigenvalue weighted by molar-refractivity contribution is 6.31. The minimum absolute atomic E-state index is 0.113. The lowest BCUT2D eigenvalue weighted by molar-refractivity contribution is 0.536. The maximum atomic E-state index is 6.15. The predicted molar refractivity (Wildman–Crippen MR) is 78.6 cm³/mol. The lowest BCUT2D eigenvalue weighted by atomic mass is 10.0. The standard InChI is InChI=1S/C14H15Cl2N3/c1-2-18-14(13-4-3-11(15)8-19-13)7-10-5-6-17-9-12(10)16/h3-6,8-9,14,18H,2,7H2,1H3. The molecule has 0 bridgehead atoms. The van der Waals surface area contributed by atoms with E-state index in [9.17, 15) is 0 Å². The number of rotatable bonds is 5. The zero-order chi connectivity index (χ0) is 13.7. The summed E-state index contributed by atoms with van der Waals surface area (Å²) in [5.74, 6) is 0. The van der Waals surface area contributed by atoms with E-state index in [1.807, 2.05) is 18.2 Å². The maximum Gasteiger partial charge on any atom is 0.0622 e. The van der Waals surface area contributed by atoms with E-state index in [1.165, 1.54) is 0 Å². The highest BCUT2D eigenvalue weighted by atomic mass is 35.5. The third-order valence-corrected chi connectivity index (χ3v) is 3.40. The molecule has 0 aliphatic heterocycles. The second-order valence-electron chi connectivity index (χ2n) is 4.18. The Balaban J connectivity index is 2.21. The number of likely N-dealkylation sites (N-methyl/N-ethyl adjacent to an activating group) is 1. The zero-order valence-corrected chi connectivity index (χ0v) is 12.1. The minimum Gasteiger partial charge on any atom is -0.309 e. The minimum atomic E-state index is 0.113. The van der Waals surface area contributed by atoms with Crippen molar-refractivity contribution in [1.82, 2.24) is 15.3 Å². The van der Waals surface area contributed by atoms with Crippen molar-refractivity contribution in [1.29, 1.82) is 0 Å². The molecule has 0 amide bonds.